The van der Waals surface area contributed by atoms with Crippen LogP contribution in [0.15, 0.2) is 24.3 Å². The van der Waals surface area contributed by atoms with Gasteiger partial charge in [-0.1, -0.05) is 32.9 Å². The topological polar surface area (TPSA) is 66.6 Å². The van der Waals surface area contributed by atoms with Crippen molar-refractivity contribution in [3.05, 3.63) is 29.8 Å². The van der Waals surface area contributed by atoms with Gasteiger partial charge in [-0.2, -0.15) is 0 Å². The Balaban J connectivity index is 0.000000325. The second kappa shape index (κ2) is 8.58. The first kappa shape index (κ1) is 15.4. The first-order chi connectivity index (χ1) is 8.06. The minimum Gasteiger partial charge on any atom is -0.478 e. The molecule has 4 nitrogen and oxygen atoms in total. The van der Waals surface area contributed by atoms with Crippen LogP contribution in [0, 0.1) is 0 Å². The van der Waals surface area contributed by atoms with Crippen molar-refractivity contribution in [1.29, 1.82) is 0 Å². The fourth-order valence-corrected chi connectivity index (χ4v) is 1.36. The summed E-state index contributed by atoms with van der Waals surface area (Å²) in [6, 6.07) is 6.36. The smallest absolute Gasteiger partial charge is 0.337 e. The molecule has 96 valence electrons. The molecule has 0 unspecified atom stereocenters. The Hall–Kier alpha value is -1.55. The number of rotatable bonds is 4. The van der Waals surface area contributed by atoms with Crippen LogP contribution in [0.25, 0.3) is 0 Å². The monoisotopic (exact) mass is 238 g/mol. The normalized spacial score (nSPS) is 9.65. The second-order valence-electron chi connectivity index (χ2n) is 3.51. The van der Waals surface area contributed by atoms with Crippen LogP contribution in [0.5, 0.6) is 0 Å². The Morgan fingerprint density at radius 1 is 1.18 bits per heavy atom. The molecule has 4 heteroatoms. The Morgan fingerprint density at radius 2 is 1.65 bits per heavy atom. The zero-order valence-electron chi connectivity index (χ0n) is 10.8. The number of para-hydroxylation sites is 1. The molecule has 1 aromatic rings. The SMILES string of the molecule is CCN(CC)CC.Nc1ccccc1C(=O)O. The summed E-state index contributed by atoms with van der Waals surface area (Å²) in [5.74, 6) is -0.988. The Labute approximate surface area is 103 Å². The van der Waals surface area contributed by atoms with Crippen molar-refractivity contribution in [3.8, 4) is 0 Å². The third-order valence-electron chi connectivity index (χ3n) is 2.53. The third kappa shape index (κ3) is 5.92. The van der Waals surface area contributed by atoms with E-state index in [0.29, 0.717) is 5.69 Å². The van der Waals surface area contributed by atoms with Crippen molar-refractivity contribution in [2.45, 2.75) is 20.8 Å². The second-order valence-corrected chi connectivity index (χ2v) is 3.51. The van der Waals surface area contributed by atoms with E-state index in [4.69, 9.17) is 10.8 Å². The maximum atomic E-state index is 10.3. The first-order valence-corrected chi connectivity index (χ1v) is 5.86. The molecule has 0 saturated heterocycles. The number of nitrogen functional groups attached to an aromatic ring is 1. The molecule has 0 heterocycles. The van der Waals surface area contributed by atoms with E-state index in [1.807, 2.05) is 0 Å². The van der Waals surface area contributed by atoms with Crippen molar-refractivity contribution < 1.29 is 9.90 Å². The summed E-state index contributed by atoms with van der Waals surface area (Å²) in [5.41, 5.74) is 5.80. The van der Waals surface area contributed by atoms with Crippen LogP contribution in [0.3, 0.4) is 0 Å². The number of hydrogen-bond acceptors (Lipinski definition) is 3. The van der Waals surface area contributed by atoms with Crippen molar-refractivity contribution in [1.82, 2.24) is 4.90 Å². The molecule has 0 aliphatic carbocycles. The molecule has 0 saturated carbocycles. The van der Waals surface area contributed by atoms with E-state index < -0.39 is 5.97 Å². The highest BCUT2D eigenvalue weighted by molar-refractivity contribution is 5.93. The standard InChI is InChI=1S/C7H7NO2.C6H15N/c8-6-4-2-1-3-5(6)7(9)10;1-4-7(5-2)6-3/h1-4H,8H2,(H,9,10);4-6H2,1-3H3. The van der Waals surface area contributed by atoms with Gasteiger partial charge >= 0.3 is 5.97 Å². The average Bonchev–Trinajstić information content (AvgIpc) is 2.32. The number of carbonyl (C=O) groups is 1. The molecule has 0 fully saturated rings. The van der Waals surface area contributed by atoms with E-state index in [2.05, 4.69) is 25.7 Å². The lowest BCUT2D eigenvalue weighted by Crippen LogP contribution is -2.21. The number of carboxylic acids is 1. The molecule has 1 aromatic carbocycles. The molecule has 0 aliphatic heterocycles. The lowest BCUT2D eigenvalue weighted by atomic mass is 10.2. The summed E-state index contributed by atoms with van der Waals surface area (Å²) < 4.78 is 0. The largest absolute Gasteiger partial charge is 0.478 e. The summed E-state index contributed by atoms with van der Waals surface area (Å²) in [5, 5.41) is 8.49. The van der Waals surface area contributed by atoms with Crippen molar-refractivity contribution in [3.63, 3.8) is 0 Å². The van der Waals surface area contributed by atoms with Crippen molar-refractivity contribution >= 4 is 11.7 Å². The number of aromatic carboxylic acids is 1. The number of nitrogens with two attached hydrogens (primary N) is 1. The van der Waals surface area contributed by atoms with Gasteiger partial charge in [0.2, 0.25) is 0 Å². The van der Waals surface area contributed by atoms with E-state index in [9.17, 15) is 4.79 Å². The van der Waals surface area contributed by atoms with Crippen molar-refractivity contribution in [2.75, 3.05) is 25.4 Å². The lowest BCUT2D eigenvalue weighted by Gasteiger charge is -2.13. The molecular formula is C13H22N2O2. The van der Waals surface area contributed by atoms with Gasteiger partial charge in [0, 0.05) is 5.69 Å². The molecule has 3 N–H and O–H groups in total. The maximum absolute atomic E-state index is 10.3. The van der Waals surface area contributed by atoms with Crippen LogP contribution < -0.4 is 5.73 Å². The predicted molar refractivity (Wildman–Crippen MR) is 71.3 cm³/mol. The molecule has 0 aromatic heterocycles. The molecule has 0 bridgehead atoms. The Morgan fingerprint density at radius 3 is 1.88 bits per heavy atom. The summed E-state index contributed by atoms with van der Waals surface area (Å²) >= 11 is 0. The van der Waals surface area contributed by atoms with Gasteiger partial charge in [0.1, 0.15) is 0 Å². The van der Waals surface area contributed by atoms with Crippen molar-refractivity contribution in [2.24, 2.45) is 0 Å². The summed E-state index contributed by atoms with van der Waals surface area (Å²) in [4.78, 5) is 12.7. The number of carboxylic acid groups (broad SMARTS) is 1. The first-order valence-electron chi connectivity index (χ1n) is 5.86. The molecule has 0 radical (unpaired) electrons. The van der Waals surface area contributed by atoms with Crippen LogP contribution >= 0.6 is 0 Å². The minimum atomic E-state index is -0.988. The molecule has 17 heavy (non-hydrogen) atoms. The van der Waals surface area contributed by atoms with Gasteiger partial charge < -0.3 is 15.7 Å². The van der Waals surface area contributed by atoms with E-state index >= 15 is 0 Å². The van der Waals surface area contributed by atoms with Crippen LogP contribution in [0.2, 0.25) is 0 Å². The number of hydrogen-bond donors (Lipinski definition) is 2. The number of nitrogens with zero attached hydrogens (tertiary/aromatic N) is 1. The molecule has 0 spiro atoms. The van der Waals surface area contributed by atoms with Gasteiger partial charge in [-0.25, -0.2) is 4.79 Å². The summed E-state index contributed by atoms with van der Waals surface area (Å²) in [6.07, 6.45) is 0. The molecule has 0 atom stereocenters. The highest BCUT2D eigenvalue weighted by atomic mass is 16.4. The fourth-order valence-electron chi connectivity index (χ4n) is 1.36. The summed E-state index contributed by atoms with van der Waals surface area (Å²) in [7, 11) is 0. The zero-order valence-corrected chi connectivity index (χ0v) is 10.8. The minimum absolute atomic E-state index is 0.155. The highest BCUT2D eigenvalue weighted by Crippen LogP contribution is 2.08. The Bertz CT molecular complexity index is 330. The lowest BCUT2D eigenvalue weighted by molar-refractivity contribution is 0.0698. The zero-order chi connectivity index (χ0) is 13.3. The van der Waals surface area contributed by atoms with Gasteiger partial charge in [0.15, 0.2) is 0 Å². The van der Waals surface area contributed by atoms with Crippen LogP contribution in [-0.4, -0.2) is 35.6 Å². The summed E-state index contributed by atoms with van der Waals surface area (Å²) in [6.45, 7) is 10.1. The van der Waals surface area contributed by atoms with Crippen LogP contribution in [0.4, 0.5) is 5.69 Å². The number of anilines is 1. The third-order valence-corrected chi connectivity index (χ3v) is 2.53. The molecule has 0 amide bonds. The fraction of sp³-hybridized carbons (Fsp3) is 0.462. The van der Waals surface area contributed by atoms with E-state index in [1.54, 1.807) is 18.2 Å². The van der Waals surface area contributed by atoms with Crippen LogP contribution in [-0.2, 0) is 0 Å². The van der Waals surface area contributed by atoms with Gasteiger partial charge in [0.25, 0.3) is 0 Å². The van der Waals surface area contributed by atoms with E-state index in [1.165, 1.54) is 25.7 Å². The van der Waals surface area contributed by atoms with Gasteiger partial charge in [-0.15, -0.1) is 0 Å². The average molecular weight is 238 g/mol. The predicted octanol–water partition coefficient (Wildman–Crippen LogP) is 2.32. The van der Waals surface area contributed by atoms with E-state index in [-0.39, 0.29) is 5.56 Å². The van der Waals surface area contributed by atoms with Crippen LogP contribution in [0.1, 0.15) is 31.1 Å². The maximum Gasteiger partial charge on any atom is 0.337 e. The molecule has 0 aliphatic rings. The number of benzene rings is 1. The quantitative estimate of drug-likeness (QED) is 0.790. The molecular weight excluding hydrogens is 216 g/mol. The Kier molecular flexibility index (Phi) is 7.80. The van der Waals surface area contributed by atoms with E-state index in [0.717, 1.165) is 0 Å². The van der Waals surface area contributed by atoms with Gasteiger partial charge in [-0.3, -0.25) is 0 Å². The highest BCUT2D eigenvalue weighted by Gasteiger charge is 2.03. The molecule has 1 rings (SSSR count). The van der Waals surface area contributed by atoms with Gasteiger partial charge in [-0.05, 0) is 31.8 Å². The van der Waals surface area contributed by atoms with Gasteiger partial charge in [0.05, 0.1) is 5.56 Å².